The van der Waals surface area contributed by atoms with Gasteiger partial charge in [-0.1, -0.05) is 37.3 Å². The molecule has 3 aromatic rings. The Morgan fingerprint density at radius 1 is 1.10 bits per heavy atom. The predicted molar refractivity (Wildman–Crippen MR) is 73.5 cm³/mol. The Balaban J connectivity index is 2.17. The number of nitrogens with zero attached hydrogens (tertiary/aromatic N) is 3. The molecule has 0 unspecified atom stereocenters. The van der Waals surface area contributed by atoms with Crippen molar-refractivity contribution in [2.45, 2.75) is 13.3 Å². The van der Waals surface area contributed by atoms with Gasteiger partial charge in [0.25, 0.3) is 0 Å². The third kappa shape index (κ3) is 2.03. The summed E-state index contributed by atoms with van der Waals surface area (Å²) < 4.78 is 6.02. The van der Waals surface area contributed by atoms with E-state index >= 15 is 0 Å². The van der Waals surface area contributed by atoms with Crippen LogP contribution in [0.3, 0.4) is 0 Å². The average Bonchev–Trinajstić information content (AvgIpc) is 3.02. The highest BCUT2D eigenvalue weighted by Gasteiger charge is 2.22. The zero-order valence-electron chi connectivity index (χ0n) is 11.0. The van der Waals surface area contributed by atoms with Crippen LogP contribution in [0.4, 0.5) is 0 Å². The van der Waals surface area contributed by atoms with Gasteiger partial charge in [0.15, 0.2) is 5.69 Å². The molecule has 0 atom stereocenters. The van der Waals surface area contributed by atoms with Crippen LogP contribution in [0.5, 0.6) is 0 Å². The van der Waals surface area contributed by atoms with Crippen molar-refractivity contribution in [1.82, 2.24) is 10.2 Å². The number of hydrogen-bond donors (Lipinski definition) is 0. The number of aromatic nitrogens is 3. The van der Waals surface area contributed by atoms with E-state index in [4.69, 9.17) is 4.42 Å². The first kappa shape index (κ1) is 12.3. The lowest BCUT2D eigenvalue weighted by molar-refractivity contribution is -0.605. The Morgan fingerprint density at radius 2 is 1.90 bits per heavy atom. The van der Waals surface area contributed by atoms with Gasteiger partial charge in [-0.3, -0.25) is 0 Å². The first-order valence-electron chi connectivity index (χ1n) is 6.39. The molecule has 0 saturated heterocycles. The summed E-state index contributed by atoms with van der Waals surface area (Å²) in [5, 5.41) is 20.7. The minimum absolute atomic E-state index is 0.187. The lowest BCUT2D eigenvalue weighted by Gasteiger charge is -2.11. The Hall–Kier alpha value is -2.69. The quantitative estimate of drug-likeness (QED) is 0.540. The molecule has 2 heterocycles. The van der Waals surface area contributed by atoms with Crippen molar-refractivity contribution in [1.29, 1.82) is 0 Å². The standard InChI is InChI=1S/C15H13N3O2/c1-2-12-14(11-7-4-3-5-8-11)16-17-15(18(12)19)13-9-6-10-20-13/h3-10H,2H2,1H3. The molecule has 0 saturated carbocycles. The van der Waals surface area contributed by atoms with Crippen LogP contribution >= 0.6 is 0 Å². The van der Waals surface area contributed by atoms with Crippen LogP contribution in [0, 0.1) is 5.21 Å². The number of benzene rings is 1. The Kier molecular flexibility index (Phi) is 3.16. The third-order valence-electron chi connectivity index (χ3n) is 3.08. The van der Waals surface area contributed by atoms with E-state index in [2.05, 4.69) is 10.2 Å². The molecular formula is C15H13N3O2. The van der Waals surface area contributed by atoms with Crippen LogP contribution < -0.4 is 4.73 Å². The minimum Gasteiger partial charge on any atom is -0.710 e. The number of hydrogen-bond acceptors (Lipinski definition) is 4. The molecule has 0 fully saturated rings. The fourth-order valence-corrected chi connectivity index (χ4v) is 2.11. The Labute approximate surface area is 116 Å². The lowest BCUT2D eigenvalue weighted by atomic mass is 10.1. The molecule has 5 nitrogen and oxygen atoms in total. The molecule has 1 aromatic carbocycles. The van der Waals surface area contributed by atoms with Crippen molar-refractivity contribution in [3.05, 3.63) is 59.6 Å². The van der Waals surface area contributed by atoms with Crippen molar-refractivity contribution in [3.63, 3.8) is 0 Å². The number of rotatable bonds is 3. The monoisotopic (exact) mass is 267 g/mol. The van der Waals surface area contributed by atoms with Gasteiger partial charge in [0.2, 0.25) is 5.76 Å². The van der Waals surface area contributed by atoms with Crippen molar-refractivity contribution in [2.24, 2.45) is 0 Å². The van der Waals surface area contributed by atoms with Crippen LogP contribution in [0.25, 0.3) is 22.8 Å². The second kappa shape index (κ2) is 5.13. The Bertz CT molecular complexity index is 709. The van der Waals surface area contributed by atoms with E-state index in [1.54, 1.807) is 12.1 Å². The van der Waals surface area contributed by atoms with Crippen LogP contribution in [-0.2, 0) is 6.42 Å². The number of furan rings is 1. The van der Waals surface area contributed by atoms with E-state index in [9.17, 15) is 5.21 Å². The first-order chi connectivity index (χ1) is 9.81. The highest BCUT2D eigenvalue weighted by atomic mass is 16.5. The van der Waals surface area contributed by atoms with E-state index < -0.39 is 0 Å². The molecule has 100 valence electrons. The van der Waals surface area contributed by atoms with Gasteiger partial charge in [-0.05, 0) is 17.2 Å². The maximum Gasteiger partial charge on any atom is 0.396 e. The first-order valence-corrected chi connectivity index (χ1v) is 6.39. The summed E-state index contributed by atoms with van der Waals surface area (Å²) in [4.78, 5) is 0. The summed E-state index contributed by atoms with van der Waals surface area (Å²) in [6.45, 7) is 1.92. The largest absolute Gasteiger partial charge is 0.710 e. The van der Waals surface area contributed by atoms with Crippen LogP contribution in [0.2, 0.25) is 0 Å². The van der Waals surface area contributed by atoms with E-state index in [1.807, 2.05) is 37.3 Å². The molecule has 0 spiro atoms. The highest BCUT2D eigenvalue weighted by molar-refractivity contribution is 5.60. The van der Waals surface area contributed by atoms with Gasteiger partial charge in [0.05, 0.1) is 11.4 Å². The van der Waals surface area contributed by atoms with Crippen LogP contribution in [0.15, 0.2) is 53.1 Å². The molecule has 0 radical (unpaired) electrons. The van der Waals surface area contributed by atoms with Crippen molar-refractivity contribution in [3.8, 4) is 22.8 Å². The fraction of sp³-hybridized carbons (Fsp3) is 0.133. The van der Waals surface area contributed by atoms with Crippen LogP contribution in [0.1, 0.15) is 12.6 Å². The summed E-state index contributed by atoms with van der Waals surface area (Å²) >= 11 is 0. The van der Waals surface area contributed by atoms with Crippen molar-refractivity contribution >= 4 is 0 Å². The van der Waals surface area contributed by atoms with E-state index in [0.29, 0.717) is 23.6 Å². The van der Waals surface area contributed by atoms with Gasteiger partial charge in [-0.15, -0.1) is 0 Å². The van der Waals surface area contributed by atoms with E-state index in [1.165, 1.54) is 6.26 Å². The van der Waals surface area contributed by atoms with Gasteiger partial charge < -0.3 is 9.62 Å². The normalized spacial score (nSPS) is 10.7. The van der Waals surface area contributed by atoms with Gasteiger partial charge in [0, 0.05) is 12.0 Å². The molecule has 3 rings (SSSR count). The Morgan fingerprint density at radius 3 is 2.55 bits per heavy atom. The van der Waals surface area contributed by atoms with E-state index in [-0.39, 0.29) is 5.82 Å². The summed E-state index contributed by atoms with van der Waals surface area (Å²) in [6, 6.07) is 13.0. The lowest BCUT2D eigenvalue weighted by Crippen LogP contribution is -2.37. The predicted octanol–water partition coefficient (Wildman–Crippen LogP) is 2.60. The minimum atomic E-state index is 0.187. The average molecular weight is 267 g/mol. The molecule has 20 heavy (non-hydrogen) atoms. The second-order valence-corrected chi connectivity index (χ2v) is 4.31. The van der Waals surface area contributed by atoms with Gasteiger partial charge in [-0.2, -0.15) is 0 Å². The van der Waals surface area contributed by atoms with Gasteiger partial charge in [-0.25, -0.2) is 4.73 Å². The fourth-order valence-electron chi connectivity index (χ4n) is 2.11. The molecule has 0 amide bonds. The highest BCUT2D eigenvalue weighted by Crippen LogP contribution is 2.21. The second-order valence-electron chi connectivity index (χ2n) is 4.31. The molecule has 2 aromatic heterocycles. The smallest absolute Gasteiger partial charge is 0.396 e. The van der Waals surface area contributed by atoms with Gasteiger partial charge in [0.1, 0.15) is 5.69 Å². The van der Waals surface area contributed by atoms with Gasteiger partial charge >= 0.3 is 5.82 Å². The topological polar surface area (TPSA) is 65.9 Å². The SMILES string of the molecule is CCc1c(-c2ccccc2)nnc(-c2ccco2)[n+]1[O-]. The molecule has 5 heteroatoms. The molecule has 0 aliphatic heterocycles. The maximum atomic E-state index is 12.4. The molecule has 0 bridgehead atoms. The molecule has 0 aliphatic carbocycles. The van der Waals surface area contributed by atoms with Crippen LogP contribution in [-0.4, -0.2) is 10.2 Å². The molecule has 0 aliphatic rings. The summed E-state index contributed by atoms with van der Waals surface area (Å²) in [5.41, 5.74) is 2.07. The molecule has 0 N–H and O–H groups in total. The molecular weight excluding hydrogens is 254 g/mol. The summed E-state index contributed by atoms with van der Waals surface area (Å²) in [6.07, 6.45) is 2.07. The zero-order chi connectivity index (χ0) is 13.9. The summed E-state index contributed by atoms with van der Waals surface area (Å²) in [7, 11) is 0. The van der Waals surface area contributed by atoms with E-state index in [0.717, 1.165) is 10.3 Å². The zero-order valence-corrected chi connectivity index (χ0v) is 11.0. The van der Waals surface area contributed by atoms with Crippen molar-refractivity contribution in [2.75, 3.05) is 0 Å². The maximum absolute atomic E-state index is 12.4. The summed E-state index contributed by atoms with van der Waals surface area (Å²) in [5.74, 6) is 0.605. The van der Waals surface area contributed by atoms with Crippen molar-refractivity contribution < 1.29 is 9.15 Å². The third-order valence-corrected chi connectivity index (χ3v) is 3.08.